The zero-order valence-electron chi connectivity index (χ0n) is 13.7. The molecule has 0 saturated heterocycles. The van der Waals surface area contributed by atoms with Crippen molar-refractivity contribution in [3.05, 3.63) is 47.0 Å². The molecule has 1 atom stereocenters. The molecule has 0 radical (unpaired) electrons. The van der Waals surface area contributed by atoms with Crippen LogP contribution in [0.2, 0.25) is 5.02 Å². The topological polar surface area (TPSA) is 75.3 Å². The number of rotatable bonds is 3. The summed E-state index contributed by atoms with van der Waals surface area (Å²) in [5, 5.41) is 3.34. The molecule has 0 unspecified atom stereocenters. The van der Waals surface area contributed by atoms with E-state index >= 15 is 0 Å². The minimum atomic E-state index is -3.78. The Morgan fingerprint density at radius 3 is 2.72 bits per heavy atom. The van der Waals surface area contributed by atoms with E-state index in [4.69, 9.17) is 11.6 Å². The lowest BCUT2D eigenvalue weighted by molar-refractivity contribution is -0.118. The van der Waals surface area contributed by atoms with Gasteiger partial charge in [0.1, 0.15) is 0 Å². The van der Waals surface area contributed by atoms with Crippen LogP contribution in [0.15, 0.2) is 46.2 Å². The highest BCUT2D eigenvalue weighted by molar-refractivity contribution is 7.99. The van der Waals surface area contributed by atoms with Crippen LogP contribution < -0.4 is 10.0 Å². The number of benzene rings is 2. The summed E-state index contributed by atoms with van der Waals surface area (Å²) in [6, 6.07) is 9.70. The van der Waals surface area contributed by atoms with Gasteiger partial charge in [-0.2, -0.15) is 0 Å². The zero-order chi connectivity index (χ0) is 18.2. The highest BCUT2D eigenvalue weighted by Crippen LogP contribution is 2.34. The van der Waals surface area contributed by atoms with Gasteiger partial charge in [0.05, 0.1) is 16.3 Å². The first-order valence-corrected chi connectivity index (χ1v) is 10.5. The average molecular weight is 397 g/mol. The van der Waals surface area contributed by atoms with Crippen molar-refractivity contribution in [3.63, 3.8) is 0 Å². The normalized spacial score (nSPS) is 17.4. The van der Waals surface area contributed by atoms with E-state index in [1.165, 1.54) is 17.8 Å². The molecule has 1 aliphatic rings. The SMILES string of the molecule is Cc1cc(Cl)ccc1NS(=O)(=O)c1ccc2c(c1)NC(=O)[C@H](C)CS2. The first-order chi connectivity index (χ1) is 11.8. The first-order valence-electron chi connectivity index (χ1n) is 7.63. The number of hydrogen-bond acceptors (Lipinski definition) is 4. The number of fused-ring (bicyclic) bond motifs is 1. The standard InChI is InChI=1S/C17H17ClN2O3S2/c1-10-7-12(18)3-5-14(10)20-25(22,23)13-4-6-16-15(8-13)19-17(21)11(2)9-24-16/h3-8,11,20H,9H2,1-2H3,(H,19,21)/t11-/m1/s1. The molecular formula is C17H17ClN2O3S2. The van der Waals surface area contributed by atoms with Crippen LogP contribution in [0.5, 0.6) is 0 Å². The van der Waals surface area contributed by atoms with E-state index in [9.17, 15) is 13.2 Å². The number of sulfonamides is 1. The van der Waals surface area contributed by atoms with Crippen LogP contribution in [0, 0.1) is 12.8 Å². The van der Waals surface area contributed by atoms with Gasteiger partial charge < -0.3 is 5.32 Å². The molecule has 25 heavy (non-hydrogen) atoms. The van der Waals surface area contributed by atoms with E-state index in [2.05, 4.69) is 10.0 Å². The Hall–Kier alpha value is -1.70. The maximum atomic E-state index is 12.7. The molecule has 1 amide bonds. The number of anilines is 2. The molecule has 5 nitrogen and oxygen atoms in total. The Bertz CT molecular complexity index is 945. The minimum absolute atomic E-state index is 0.0936. The summed E-state index contributed by atoms with van der Waals surface area (Å²) in [7, 11) is -3.78. The van der Waals surface area contributed by atoms with Crippen molar-refractivity contribution < 1.29 is 13.2 Å². The number of hydrogen-bond donors (Lipinski definition) is 2. The minimum Gasteiger partial charge on any atom is -0.325 e. The average Bonchev–Trinajstić information content (AvgIpc) is 2.69. The summed E-state index contributed by atoms with van der Waals surface area (Å²) < 4.78 is 28.0. The van der Waals surface area contributed by atoms with Crippen molar-refractivity contribution in [1.82, 2.24) is 0 Å². The lowest BCUT2D eigenvalue weighted by Crippen LogP contribution is -2.20. The van der Waals surface area contributed by atoms with E-state index in [0.717, 1.165) is 10.5 Å². The van der Waals surface area contributed by atoms with Gasteiger partial charge in [-0.3, -0.25) is 9.52 Å². The fourth-order valence-corrected chi connectivity index (χ4v) is 4.79. The molecule has 0 bridgehead atoms. The molecule has 1 heterocycles. The number of halogens is 1. The first kappa shape index (κ1) is 18.1. The summed E-state index contributed by atoms with van der Waals surface area (Å²) in [6.07, 6.45) is 0. The number of carbonyl (C=O) groups excluding carboxylic acids is 1. The van der Waals surface area contributed by atoms with Gasteiger partial charge >= 0.3 is 0 Å². The maximum Gasteiger partial charge on any atom is 0.261 e. The summed E-state index contributed by atoms with van der Waals surface area (Å²) in [6.45, 7) is 3.62. The lowest BCUT2D eigenvalue weighted by Gasteiger charge is -2.13. The van der Waals surface area contributed by atoms with Gasteiger partial charge in [-0.05, 0) is 48.9 Å². The Morgan fingerprint density at radius 2 is 2.00 bits per heavy atom. The van der Waals surface area contributed by atoms with Crippen LogP contribution in [0.3, 0.4) is 0 Å². The Labute approximate surface area is 156 Å². The number of carbonyl (C=O) groups is 1. The monoisotopic (exact) mass is 396 g/mol. The molecule has 2 aromatic rings. The number of nitrogens with one attached hydrogen (secondary N) is 2. The Kier molecular flexibility index (Phi) is 4.99. The highest BCUT2D eigenvalue weighted by Gasteiger charge is 2.23. The molecular weight excluding hydrogens is 380 g/mol. The molecule has 0 fully saturated rings. The van der Waals surface area contributed by atoms with Crippen LogP contribution in [0.4, 0.5) is 11.4 Å². The van der Waals surface area contributed by atoms with E-state index in [0.29, 0.717) is 22.2 Å². The predicted molar refractivity (Wildman–Crippen MR) is 102 cm³/mol. The largest absolute Gasteiger partial charge is 0.325 e. The third-order valence-corrected chi connectivity index (χ3v) is 6.82. The van der Waals surface area contributed by atoms with Gasteiger partial charge in [-0.25, -0.2) is 8.42 Å². The molecule has 0 spiro atoms. The second kappa shape index (κ2) is 6.90. The molecule has 132 valence electrons. The molecule has 3 rings (SSSR count). The van der Waals surface area contributed by atoms with Gasteiger partial charge in [0.25, 0.3) is 10.0 Å². The van der Waals surface area contributed by atoms with Crippen LogP contribution >= 0.6 is 23.4 Å². The molecule has 2 aromatic carbocycles. The maximum absolute atomic E-state index is 12.7. The fourth-order valence-electron chi connectivity index (χ4n) is 2.39. The summed E-state index contributed by atoms with van der Waals surface area (Å²) in [5.41, 5.74) is 1.71. The third kappa shape index (κ3) is 3.94. The Balaban J connectivity index is 1.93. The molecule has 0 saturated carbocycles. The summed E-state index contributed by atoms with van der Waals surface area (Å²) in [4.78, 5) is 13.0. The number of amides is 1. The van der Waals surface area contributed by atoms with Crippen molar-refractivity contribution >= 4 is 50.7 Å². The van der Waals surface area contributed by atoms with E-state index in [1.807, 2.05) is 6.92 Å². The quantitative estimate of drug-likeness (QED) is 0.817. The van der Waals surface area contributed by atoms with Gasteiger partial charge in [0.2, 0.25) is 5.91 Å². The second-order valence-electron chi connectivity index (χ2n) is 5.92. The molecule has 1 aliphatic heterocycles. The fraction of sp³-hybridized carbons (Fsp3) is 0.235. The molecule has 0 aromatic heterocycles. The molecule has 2 N–H and O–H groups in total. The van der Waals surface area contributed by atoms with Crippen molar-refractivity contribution in [3.8, 4) is 0 Å². The van der Waals surface area contributed by atoms with Crippen molar-refractivity contribution in [2.24, 2.45) is 5.92 Å². The van der Waals surface area contributed by atoms with Gasteiger partial charge in [-0.1, -0.05) is 18.5 Å². The summed E-state index contributed by atoms with van der Waals surface area (Å²) in [5.74, 6) is 0.419. The van der Waals surface area contributed by atoms with Gasteiger partial charge in [0.15, 0.2) is 0 Å². The van der Waals surface area contributed by atoms with E-state index in [1.54, 1.807) is 37.3 Å². The van der Waals surface area contributed by atoms with Crippen LogP contribution in [-0.2, 0) is 14.8 Å². The van der Waals surface area contributed by atoms with Gasteiger partial charge in [0, 0.05) is 21.6 Å². The highest BCUT2D eigenvalue weighted by atomic mass is 35.5. The second-order valence-corrected chi connectivity index (χ2v) is 9.10. The molecule has 0 aliphatic carbocycles. The predicted octanol–water partition coefficient (Wildman–Crippen LogP) is 4.13. The van der Waals surface area contributed by atoms with Crippen LogP contribution in [-0.4, -0.2) is 20.1 Å². The third-order valence-electron chi connectivity index (χ3n) is 3.89. The summed E-state index contributed by atoms with van der Waals surface area (Å²) >= 11 is 7.44. The Morgan fingerprint density at radius 1 is 1.24 bits per heavy atom. The number of thioether (sulfide) groups is 1. The van der Waals surface area contributed by atoms with Crippen molar-refractivity contribution in [2.45, 2.75) is 23.6 Å². The smallest absolute Gasteiger partial charge is 0.261 e. The van der Waals surface area contributed by atoms with Crippen molar-refractivity contribution in [1.29, 1.82) is 0 Å². The molecule has 8 heteroatoms. The van der Waals surface area contributed by atoms with Crippen LogP contribution in [0.25, 0.3) is 0 Å². The van der Waals surface area contributed by atoms with Crippen molar-refractivity contribution in [2.75, 3.05) is 15.8 Å². The van der Waals surface area contributed by atoms with E-state index in [-0.39, 0.29) is 16.7 Å². The zero-order valence-corrected chi connectivity index (χ0v) is 16.1. The van der Waals surface area contributed by atoms with E-state index < -0.39 is 10.0 Å². The lowest BCUT2D eigenvalue weighted by atomic mass is 10.2. The van der Waals surface area contributed by atoms with Crippen LogP contribution in [0.1, 0.15) is 12.5 Å². The number of aryl methyl sites for hydroxylation is 1. The van der Waals surface area contributed by atoms with Gasteiger partial charge in [-0.15, -0.1) is 11.8 Å².